The van der Waals surface area contributed by atoms with Crippen LogP contribution in [0.25, 0.3) is 22.6 Å². The Hall–Kier alpha value is -1.62. The molecule has 4 nitrogen and oxygen atoms in total. The molecule has 0 spiro atoms. The van der Waals surface area contributed by atoms with Crippen molar-refractivity contribution in [3.8, 4) is 17.2 Å². The average Bonchev–Trinajstić information content (AvgIpc) is 2.85. The summed E-state index contributed by atoms with van der Waals surface area (Å²) in [5.41, 5.74) is 7.76. The summed E-state index contributed by atoms with van der Waals surface area (Å²) < 4.78 is 11.0. The average molecular weight is 344 g/mol. The quantitative estimate of drug-likeness (QED) is 0.662. The SMILES string of the molecule is COc1cc(N)c(Cl)cc1-c1nc2cc(Cl)cc(Cl)c2o1. The highest BCUT2D eigenvalue weighted by molar-refractivity contribution is 6.38. The van der Waals surface area contributed by atoms with Gasteiger partial charge in [-0.15, -0.1) is 0 Å². The van der Waals surface area contributed by atoms with Gasteiger partial charge in [0.25, 0.3) is 0 Å². The number of ether oxygens (including phenoxy) is 1. The van der Waals surface area contributed by atoms with Crippen molar-refractivity contribution in [2.75, 3.05) is 12.8 Å². The zero-order valence-electron chi connectivity index (χ0n) is 10.8. The molecule has 1 heterocycles. The number of nitrogens with zero attached hydrogens (tertiary/aromatic N) is 1. The van der Waals surface area contributed by atoms with E-state index >= 15 is 0 Å². The zero-order valence-corrected chi connectivity index (χ0v) is 13.1. The van der Waals surface area contributed by atoms with Crippen LogP contribution < -0.4 is 10.5 Å². The fourth-order valence-corrected chi connectivity index (χ4v) is 2.66. The van der Waals surface area contributed by atoms with Crippen molar-refractivity contribution in [3.63, 3.8) is 0 Å². The second-order valence-corrected chi connectivity index (χ2v) is 5.58. The molecule has 0 aliphatic heterocycles. The Labute approximate surface area is 135 Å². The van der Waals surface area contributed by atoms with Crippen LogP contribution >= 0.6 is 34.8 Å². The lowest BCUT2D eigenvalue weighted by Gasteiger charge is -2.07. The van der Waals surface area contributed by atoms with Crippen LogP contribution in [0.4, 0.5) is 5.69 Å². The summed E-state index contributed by atoms with van der Waals surface area (Å²) in [4.78, 5) is 4.37. The minimum Gasteiger partial charge on any atom is -0.496 e. The molecular formula is C14H9Cl3N2O2. The van der Waals surface area contributed by atoms with Gasteiger partial charge in [0, 0.05) is 11.1 Å². The highest BCUT2D eigenvalue weighted by atomic mass is 35.5. The first kappa shape index (κ1) is 14.3. The normalized spacial score (nSPS) is 11.0. The van der Waals surface area contributed by atoms with Crippen molar-refractivity contribution in [2.24, 2.45) is 0 Å². The first-order valence-electron chi connectivity index (χ1n) is 5.88. The molecule has 2 N–H and O–H groups in total. The number of nitrogens with two attached hydrogens (primary N) is 1. The maximum atomic E-state index is 6.10. The fourth-order valence-electron chi connectivity index (χ4n) is 1.98. The lowest BCUT2D eigenvalue weighted by molar-refractivity contribution is 0.415. The summed E-state index contributed by atoms with van der Waals surface area (Å²) in [5, 5.41) is 1.25. The van der Waals surface area contributed by atoms with Crippen LogP contribution in [0.5, 0.6) is 5.75 Å². The largest absolute Gasteiger partial charge is 0.496 e. The molecular weight excluding hydrogens is 335 g/mol. The van der Waals surface area contributed by atoms with Gasteiger partial charge in [0.1, 0.15) is 11.3 Å². The molecule has 0 fully saturated rings. The van der Waals surface area contributed by atoms with E-state index in [2.05, 4.69) is 4.98 Å². The second-order valence-electron chi connectivity index (χ2n) is 4.33. The van der Waals surface area contributed by atoms with Crippen molar-refractivity contribution < 1.29 is 9.15 Å². The number of anilines is 1. The van der Waals surface area contributed by atoms with Gasteiger partial charge in [0.05, 0.1) is 28.4 Å². The molecule has 0 saturated carbocycles. The zero-order chi connectivity index (χ0) is 15.1. The van der Waals surface area contributed by atoms with Gasteiger partial charge in [-0.25, -0.2) is 4.98 Å². The molecule has 7 heteroatoms. The standard InChI is InChI=1S/C14H9Cl3N2O2/c1-20-12-5-10(18)8(16)4-7(12)14-19-11-3-6(15)2-9(17)13(11)21-14/h2-5H,18H2,1H3. The summed E-state index contributed by atoms with van der Waals surface area (Å²) >= 11 is 18.1. The van der Waals surface area contributed by atoms with E-state index in [0.717, 1.165) is 0 Å². The molecule has 0 unspecified atom stereocenters. The highest BCUT2D eigenvalue weighted by Crippen LogP contribution is 2.38. The van der Waals surface area contributed by atoms with Crippen LogP contribution in [0.15, 0.2) is 28.7 Å². The molecule has 108 valence electrons. The third kappa shape index (κ3) is 2.50. The molecule has 0 aliphatic carbocycles. The molecule has 0 amide bonds. The Morgan fingerprint density at radius 1 is 1.10 bits per heavy atom. The fraction of sp³-hybridized carbons (Fsp3) is 0.0714. The Morgan fingerprint density at radius 3 is 2.57 bits per heavy atom. The summed E-state index contributed by atoms with van der Waals surface area (Å²) in [7, 11) is 1.53. The first-order valence-corrected chi connectivity index (χ1v) is 7.02. The van der Waals surface area contributed by atoms with Crippen molar-refractivity contribution >= 4 is 51.6 Å². The number of aromatic nitrogens is 1. The van der Waals surface area contributed by atoms with E-state index in [9.17, 15) is 0 Å². The van der Waals surface area contributed by atoms with E-state index in [-0.39, 0.29) is 0 Å². The van der Waals surface area contributed by atoms with Gasteiger partial charge in [0.2, 0.25) is 5.89 Å². The molecule has 3 rings (SSSR count). The lowest BCUT2D eigenvalue weighted by atomic mass is 10.2. The number of hydrogen-bond acceptors (Lipinski definition) is 4. The maximum Gasteiger partial charge on any atom is 0.231 e. The van der Waals surface area contributed by atoms with Gasteiger partial charge in [-0.05, 0) is 18.2 Å². The first-order chi connectivity index (χ1) is 9.99. The molecule has 0 aliphatic rings. The molecule has 2 aromatic carbocycles. The van der Waals surface area contributed by atoms with E-state index < -0.39 is 0 Å². The third-order valence-electron chi connectivity index (χ3n) is 2.96. The number of oxazole rings is 1. The van der Waals surface area contributed by atoms with Gasteiger partial charge in [0.15, 0.2) is 5.58 Å². The lowest BCUT2D eigenvalue weighted by Crippen LogP contribution is -1.93. The van der Waals surface area contributed by atoms with Crippen molar-refractivity contribution in [2.45, 2.75) is 0 Å². The van der Waals surface area contributed by atoms with Gasteiger partial charge in [-0.2, -0.15) is 0 Å². The van der Waals surface area contributed by atoms with Crippen LogP contribution in [0, 0.1) is 0 Å². The van der Waals surface area contributed by atoms with Gasteiger partial charge >= 0.3 is 0 Å². The van der Waals surface area contributed by atoms with Crippen LogP contribution in [-0.2, 0) is 0 Å². The van der Waals surface area contributed by atoms with Crippen molar-refractivity contribution in [1.29, 1.82) is 0 Å². The third-order valence-corrected chi connectivity index (χ3v) is 3.79. The predicted octanol–water partition coefficient (Wildman–Crippen LogP) is 5.05. The molecule has 21 heavy (non-hydrogen) atoms. The number of hydrogen-bond donors (Lipinski definition) is 1. The van der Waals surface area contributed by atoms with Crippen molar-refractivity contribution in [3.05, 3.63) is 39.3 Å². The van der Waals surface area contributed by atoms with E-state index in [4.69, 9.17) is 49.7 Å². The number of halogens is 3. The number of benzene rings is 2. The molecule has 0 bridgehead atoms. The summed E-state index contributed by atoms with van der Waals surface area (Å²) in [6, 6.07) is 6.51. The predicted molar refractivity (Wildman–Crippen MR) is 85.4 cm³/mol. The molecule has 0 saturated heterocycles. The van der Waals surface area contributed by atoms with E-state index in [0.29, 0.717) is 49.1 Å². The molecule has 1 aromatic heterocycles. The van der Waals surface area contributed by atoms with E-state index in [1.54, 1.807) is 24.3 Å². The minimum atomic E-state index is 0.327. The summed E-state index contributed by atoms with van der Waals surface area (Å²) in [6.45, 7) is 0. The van der Waals surface area contributed by atoms with Crippen LogP contribution in [0.2, 0.25) is 15.1 Å². The van der Waals surface area contributed by atoms with Crippen LogP contribution in [0.1, 0.15) is 0 Å². The van der Waals surface area contributed by atoms with Gasteiger partial charge < -0.3 is 14.9 Å². The van der Waals surface area contributed by atoms with E-state index in [1.165, 1.54) is 7.11 Å². The number of nitrogen functional groups attached to an aromatic ring is 1. The Bertz CT molecular complexity index is 846. The maximum absolute atomic E-state index is 6.10. The highest BCUT2D eigenvalue weighted by Gasteiger charge is 2.17. The Kier molecular flexibility index (Phi) is 3.61. The van der Waals surface area contributed by atoms with Crippen LogP contribution in [-0.4, -0.2) is 12.1 Å². The van der Waals surface area contributed by atoms with Gasteiger partial charge in [-0.1, -0.05) is 34.8 Å². The Morgan fingerprint density at radius 2 is 1.86 bits per heavy atom. The summed E-state index contributed by atoms with van der Waals surface area (Å²) in [6.07, 6.45) is 0. The van der Waals surface area contributed by atoms with Crippen LogP contribution in [0.3, 0.4) is 0 Å². The minimum absolute atomic E-state index is 0.327. The molecule has 3 aromatic rings. The van der Waals surface area contributed by atoms with Crippen molar-refractivity contribution in [1.82, 2.24) is 4.98 Å². The summed E-state index contributed by atoms with van der Waals surface area (Å²) in [5.74, 6) is 0.832. The smallest absolute Gasteiger partial charge is 0.231 e. The number of fused-ring (bicyclic) bond motifs is 1. The van der Waals surface area contributed by atoms with E-state index in [1.807, 2.05) is 0 Å². The monoisotopic (exact) mass is 342 g/mol. The topological polar surface area (TPSA) is 61.3 Å². The Balaban J connectivity index is 2.25. The number of methoxy groups -OCH3 is 1. The second kappa shape index (κ2) is 5.30. The molecule has 0 atom stereocenters. The molecule has 0 radical (unpaired) electrons. The number of rotatable bonds is 2. The van der Waals surface area contributed by atoms with Gasteiger partial charge in [-0.3, -0.25) is 0 Å².